The van der Waals surface area contributed by atoms with Gasteiger partial charge in [0.05, 0.1) is 39.1 Å². The monoisotopic (exact) mass is 719 g/mol. The Kier molecular flexibility index (Phi) is 11.2. The molecule has 4 heterocycles. The molecule has 15 heteroatoms. The largest absolute Gasteiger partial charge is 0.494 e. The van der Waals surface area contributed by atoms with Crippen molar-refractivity contribution in [3.05, 3.63) is 71.7 Å². The number of nitrogens with one attached hydrogen (secondary N) is 3. The van der Waals surface area contributed by atoms with Crippen molar-refractivity contribution in [2.75, 3.05) is 65.5 Å². The van der Waals surface area contributed by atoms with Crippen molar-refractivity contribution in [1.82, 2.24) is 29.9 Å². The predicted octanol–water partition coefficient (Wildman–Crippen LogP) is 4.88. The number of methoxy groups -OCH3 is 1. The summed E-state index contributed by atoms with van der Waals surface area (Å²) in [6, 6.07) is 8.18. The average molecular weight is 720 g/mol. The molecule has 0 bridgehead atoms. The van der Waals surface area contributed by atoms with E-state index in [1.54, 1.807) is 27.6 Å². The van der Waals surface area contributed by atoms with Crippen LogP contribution in [0.4, 0.5) is 25.1 Å². The minimum absolute atomic E-state index is 0.0186. The molecule has 3 N–H and O–H groups in total. The Balaban J connectivity index is 0.975. The number of ether oxygens (including phenoxy) is 2. The van der Waals surface area contributed by atoms with E-state index in [9.17, 15) is 23.2 Å². The number of nitrogens with zero attached hydrogens (tertiary/aromatic N) is 5. The van der Waals surface area contributed by atoms with E-state index >= 15 is 0 Å². The molecule has 0 radical (unpaired) electrons. The lowest BCUT2D eigenvalue weighted by Crippen LogP contribution is -2.54. The van der Waals surface area contributed by atoms with Gasteiger partial charge < -0.3 is 30.3 Å². The maximum atomic E-state index is 14.9. The molecular weight excluding hydrogens is 674 g/mol. The van der Waals surface area contributed by atoms with Crippen LogP contribution in [0.15, 0.2) is 48.9 Å². The van der Waals surface area contributed by atoms with Gasteiger partial charge >= 0.3 is 6.09 Å². The van der Waals surface area contributed by atoms with Crippen molar-refractivity contribution in [2.24, 2.45) is 5.92 Å². The fraction of sp³-hybridized carbons (Fsp3) is 0.432. The van der Waals surface area contributed by atoms with Crippen LogP contribution in [-0.4, -0.2) is 102 Å². The van der Waals surface area contributed by atoms with E-state index in [4.69, 9.17) is 9.47 Å². The standard InChI is InChI=1S/C37H44F2N8O5/c1-4-24-21-26(44-33-34-43-22-29(46(34)18-15-40-33)28-9-10-30(51-3)32(39)31(28)38)7-8-27(24)36(49)42-14-5-13-41-35(48)25-11-19-47(2,20-12-25)23-52-37(50)45-16-6-17-45/h7-10,15,18,21-22,25H,4-6,11-14,16-17,19-20,23H2,1-3H3,(H2-,40,41,42,44,48,49)/p+1. The zero-order valence-electron chi connectivity index (χ0n) is 29.7. The summed E-state index contributed by atoms with van der Waals surface area (Å²) < 4.78 is 42.0. The van der Waals surface area contributed by atoms with Crippen LogP contribution in [0.25, 0.3) is 16.9 Å². The predicted molar refractivity (Wildman–Crippen MR) is 190 cm³/mol. The second-order valence-corrected chi connectivity index (χ2v) is 13.5. The van der Waals surface area contributed by atoms with Crippen molar-refractivity contribution in [3.63, 3.8) is 0 Å². The number of amides is 3. The molecule has 4 aromatic rings. The second-order valence-electron chi connectivity index (χ2n) is 13.5. The topological polar surface area (TPSA) is 139 Å². The molecule has 0 spiro atoms. The number of fused-ring (bicyclic) bond motifs is 1. The van der Waals surface area contributed by atoms with Gasteiger partial charge in [-0.05, 0) is 55.2 Å². The summed E-state index contributed by atoms with van der Waals surface area (Å²) in [7, 11) is 3.33. The van der Waals surface area contributed by atoms with Crippen LogP contribution in [0.1, 0.15) is 48.5 Å². The maximum absolute atomic E-state index is 14.9. The fourth-order valence-corrected chi connectivity index (χ4v) is 6.54. The van der Waals surface area contributed by atoms with Crippen LogP contribution >= 0.6 is 0 Å². The molecule has 2 saturated heterocycles. The number of imidazole rings is 1. The highest BCUT2D eigenvalue weighted by molar-refractivity contribution is 5.96. The third kappa shape index (κ3) is 7.93. The minimum Gasteiger partial charge on any atom is -0.494 e. The van der Waals surface area contributed by atoms with Crippen LogP contribution in [0.5, 0.6) is 5.75 Å². The first-order chi connectivity index (χ1) is 25.1. The van der Waals surface area contributed by atoms with Crippen LogP contribution in [0.3, 0.4) is 0 Å². The van der Waals surface area contributed by atoms with Gasteiger partial charge in [-0.3, -0.25) is 18.5 Å². The molecule has 2 aromatic carbocycles. The van der Waals surface area contributed by atoms with Crippen LogP contribution in [0, 0.1) is 17.6 Å². The number of quaternary nitrogens is 1. The summed E-state index contributed by atoms with van der Waals surface area (Å²) in [4.78, 5) is 48.5. The molecule has 0 atom stereocenters. The molecule has 2 aromatic heterocycles. The van der Waals surface area contributed by atoms with E-state index in [1.165, 1.54) is 31.6 Å². The summed E-state index contributed by atoms with van der Waals surface area (Å²) in [5.74, 6) is -2.18. The first-order valence-corrected chi connectivity index (χ1v) is 17.7. The van der Waals surface area contributed by atoms with Gasteiger partial charge in [-0.1, -0.05) is 6.92 Å². The number of anilines is 2. The zero-order chi connectivity index (χ0) is 36.8. The highest BCUT2D eigenvalue weighted by atomic mass is 19.2. The summed E-state index contributed by atoms with van der Waals surface area (Å²) in [5, 5.41) is 9.21. The Hall–Kier alpha value is -5.31. The normalized spacial score (nSPS) is 18.4. The van der Waals surface area contributed by atoms with Gasteiger partial charge in [0, 0.05) is 74.1 Å². The van der Waals surface area contributed by atoms with Gasteiger partial charge in [0.1, 0.15) is 0 Å². The molecule has 52 heavy (non-hydrogen) atoms. The number of piperidine rings is 1. The molecule has 0 unspecified atom stereocenters. The van der Waals surface area contributed by atoms with Crippen molar-refractivity contribution in [1.29, 1.82) is 0 Å². The summed E-state index contributed by atoms with van der Waals surface area (Å²) in [6.07, 6.45) is 8.00. The van der Waals surface area contributed by atoms with Crippen molar-refractivity contribution in [3.8, 4) is 17.0 Å². The second kappa shape index (κ2) is 15.9. The number of carbonyl (C=O) groups is 3. The van der Waals surface area contributed by atoms with Crippen LogP contribution < -0.4 is 20.7 Å². The van der Waals surface area contributed by atoms with Gasteiger partial charge in [0.15, 0.2) is 23.0 Å². The Morgan fingerprint density at radius 2 is 1.79 bits per heavy atom. The van der Waals surface area contributed by atoms with Gasteiger partial charge in [-0.25, -0.2) is 19.2 Å². The smallest absolute Gasteiger partial charge is 0.414 e. The first-order valence-electron chi connectivity index (χ1n) is 17.7. The highest BCUT2D eigenvalue weighted by Gasteiger charge is 2.35. The van der Waals surface area contributed by atoms with Crippen LogP contribution in [0.2, 0.25) is 0 Å². The number of hydrogen-bond acceptors (Lipinski definition) is 8. The zero-order valence-corrected chi connectivity index (χ0v) is 29.7. The lowest BCUT2D eigenvalue weighted by molar-refractivity contribution is -0.930. The Bertz CT molecular complexity index is 1940. The number of halogens is 2. The molecule has 0 saturated carbocycles. The fourth-order valence-electron chi connectivity index (χ4n) is 6.54. The van der Waals surface area contributed by atoms with Gasteiger partial charge in [-0.15, -0.1) is 0 Å². The van der Waals surface area contributed by atoms with Gasteiger partial charge in [-0.2, -0.15) is 4.39 Å². The molecule has 6 rings (SSSR count). The lowest BCUT2D eigenvalue weighted by Gasteiger charge is -2.40. The first kappa shape index (κ1) is 36.5. The third-order valence-corrected chi connectivity index (χ3v) is 9.92. The van der Waals surface area contributed by atoms with E-state index in [0.29, 0.717) is 65.6 Å². The number of rotatable bonds is 13. The van der Waals surface area contributed by atoms with E-state index < -0.39 is 11.6 Å². The molecular formula is C37H45F2N8O5+. The molecule has 2 fully saturated rings. The molecule has 276 valence electrons. The number of likely N-dealkylation sites (tertiary alicyclic amines) is 2. The number of benzene rings is 2. The Morgan fingerprint density at radius 3 is 2.50 bits per heavy atom. The summed E-state index contributed by atoms with van der Waals surface area (Å²) in [5.41, 5.74) is 2.82. The summed E-state index contributed by atoms with van der Waals surface area (Å²) in [6.45, 7) is 6.18. The number of aromatic nitrogens is 3. The van der Waals surface area contributed by atoms with Crippen LogP contribution in [-0.2, 0) is 16.0 Å². The van der Waals surface area contributed by atoms with Gasteiger partial charge in [0.25, 0.3) is 5.91 Å². The molecule has 2 aliphatic heterocycles. The summed E-state index contributed by atoms with van der Waals surface area (Å²) >= 11 is 0. The lowest BCUT2D eigenvalue weighted by atomic mass is 9.95. The number of carbonyl (C=O) groups excluding carboxylic acids is 3. The number of aryl methyl sites for hydroxylation is 1. The Morgan fingerprint density at radius 1 is 1.02 bits per heavy atom. The molecule has 3 amide bonds. The minimum atomic E-state index is -1.08. The highest BCUT2D eigenvalue weighted by Crippen LogP contribution is 2.32. The number of hydrogen-bond donors (Lipinski definition) is 3. The quantitative estimate of drug-likeness (QED) is 0.131. The maximum Gasteiger partial charge on any atom is 0.414 e. The average Bonchev–Trinajstić information content (AvgIpc) is 3.56. The molecule has 2 aliphatic rings. The van der Waals surface area contributed by atoms with Gasteiger partial charge in [0.2, 0.25) is 18.5 Å². The SMILES string of the molecule is CCc1cc(Nc2nccn3c(-c4ccc(OC)c(F)c4F)cnc23)ccc1C(=O)NCCCNC(=O)C1CC[N+](C)(COC(=O)N2CCC2)CC1. The third-order valence-electron chi connectivity index (χ3n) is 9.92. The van der Waals surface area contributed by atoms with E-state index in [1.807, 2.05) is 13.0 Å². The van der Waals surface area contributed by atoms with Crippen molar-refractivity contribution < 1.29 is 37.1 Å². The molecule has 13 nitrogen and oxygen atoms in total. The van der Waals surface area contributed by atoms with Crippen molar-refractivity contribution >= 4 is 35.1 Å². The van der Waals surface area contributed by atoms with E-state index in [2.05, 4.69) is 33.0 Å². The van der Waals surface area contributed by atoms with E-state index in [-0.39, 0.29) is 35.1 Å². The van der Waals surface area contributed by atoms with E-state index in [0.717, 1.165) is 51.0 Å². The molecule has 0 aliphatic carbocycles. The van der Waals surface area contributed by atoms with Crippen molar-refractivity contribution in [2.45, 2.75) is 39.0 Å². The Labute approximate surface area is 300 Å².